The summed E-state index contributed by atoms with van der Waals surface area (Å²) in [7, 11) is 0. The summed E-state index contributed by atoms with van der Waals surface area (Å²) in [6.45, 7) is 1.46. The molecule has 4 rings (SSSR count). The SMILES string of the molecule is NC(=O)[C@@H]1CCCCN1Cc1cc(F)cc2c1O[C@H](c1ccccc1)OC2. The highest BCUT2D eigenvalue weighted by atomic mass is 19.1. The van der Waals surface area contributed by atoms with Crippen molar-refractivity contribution in [1.29, 1.82) is 0 Å². The van der Waals surface area contributed by atoms with Crippen molar-refractivity contribution in [2.45, 2.75) is 44.7 Å². The van der Waals surface area contributed by atoms with Crippen LogP contribution in [0.2, 0.25) is 0 Å². The van der Waals surface area contributed by atoms with Crippen molar-refractivity contribution in [2.24, 2.45) is 5.73 Å². The number of primary amides is 1. The third-order valence-corrected chi connectivity index (χ3v) is 5.21. The Morgan fingerprint density at radius 2 is 2.04 bits per heavy atom. The smallest absolute Gasteiger partial charge is 0.234 e. The lowest BCUT2D eigenvalue weighted by molar-refractivity contribution is -0.125. The lowest BCUT2D eigenvalue weighted by Crippen LogP contribution is -2.47. The number of carbonyl (C=O) groups is 1. The summed E-state index contributed by atoms with van der Waals surface area (Å²) in [6.07, 6.45) is 2.18. The molecule has 0 spiro atoms. The number of nitrogens with zero attached hydrogens (tertiary/aromatic N) is 1. The van der Waals surface area contributed by atoms with Crippen molar-refractivity contribution in [3.63, 3.8) is 0 Å². The molecule has 6 heteroatoms. The maximum atomic E-state index is 14.2. The lowest BCUT2D eigenvalue weighted by atomic mass is 9.99. The maximum Gasteiger partial charge on any atom is 0.234 e. The molecular weight excluding hydrogens is 347 g/mol. The van der Waals surface area contributed by atoms with Gasteiger partial charge in [0.05, 0.1) is 12.6 Å². The molecule has 2 heterocycles. The number of rotatable bonds is 4. The Bertz CT molecular complexity index is 828. The summed E-state index contributed by atoms with van der Waals surface area (Å²) in [6, 6.07) is 12.3. The van der Waals surface area contributed by atoms with E-state index in [4.69, 9.17) is 15.2 Å². The number of hydrogen-bond acceptors (Lipinski definition) is 4. The first kappa shape index (κ1) is 17.9. The molecule has 2 aliphatic heterocycles. The van der Waals surface area contributed by atoms with Crippen LogP contribution in [0.5, 0.6) is 5.75 Å². The van der Waals surface area contributed by atoms with Gasteiger partial charge in [0.15, 0.2) is 0 Å². The van der Waals surface area contributed by atoms with E-state index in [1.807, 2.05) is 35.2 Å². The number of piperidine rings is 1. The molecule has 1 saturated heterocycles. The average Bonchev–Trinajstić information content (AvgIpc) is 2.68. The first-order valence-corrected chi connectivity index (χ1v) is 9.29. The molecule has 0 aliphatic carbocycles. The molecule has 0 bridgehead atoms. The second-order valence-corrected chi connectivity index (χ2v) is 7.11. The van der Waals surface area contributed by atoms with E-state index in [-0.39, 0.29) is 24.4 Å². The van der Waals surface area contributed by atoms with E-state index in [1.54, 1.807) is 0 Å². The van der Waals surface area contributed by atoms with Crippen molar-refractivity contribution in [3.8, 4) is 5.75 Å². The third-order valence-electron chi connectivity index (χ3n) is 5.21. The molecule has 2 N–H and O–H groups in total. The molecule has 1 amide bonds. The van der Waals surface area contributed by atoms with Crippen LogP contribution in [0.25, 0.3) is 0 Å². The molecule has 0 radical (unpaired) electrons. The summed E-state index contributed by atoms with van der Waals surface area (Å²) in [5.74, 6) is -0.0153. The standard InChI is InChI=1S/C21H23FN2O3/c22-17-10-15(12-24-9-5-4-8-18(24)20(23)25)19-16(11-17)13-26-21(27-19)14-6-2-1-3-7-14/h1-3,6-7,10-11,18,21H,4-5,8-9,12-13H2,(H2,23,25)/t18-,21+/m0/s1. The summed E-state index contributed by atoms with van der Waals surface area (Å²) in [5.41, 5.74) is 7.89. The van der Waals surface area contributed by atoms with Gasteiger partial charge in [0.1, 0.15) is 11.6 Å². The van der Waals surface area contributed by atoms with Gasteiger partial charge >= 0.3 is 0 Å². The van der Waals surface area contributed by atoms with Gasteiger partial charge in [-0.05, 0) is 31.5 Å². The van der Waals surface area contributed by atoms with Crippen molar-refractivity contribution >= 4 is 5.91 Å². The fourth-order valence-corrected chi connectivity index (χ4v) is 3.89. The molecule has 1 fully saturated rings. The van der Waals surface area contributed by atoms with Crippen molar-refractivity contribution in [2.75, 3.05) is 6.54 Å². The van der Waals surface area contributed by atoms with Crippen molar-refractivity contribution in [1.82, 2.24) is 4.90 Å². The Morgan fingerprint density at radius 1 is 1.22 bits per heavy atom. The minimum Gasteiger partial charge on any atom is -0.460 e. The zero-order valence-corrected chi connectivity index (χ0v) is 15.1. The third kappa shape index (κ3) is 3.82. The molecule has 2 aliphatic rings. The van der Waals surface area contributed by atoms with Gasteiger partial charge in [0, 0.05) is 23.2 Å². The first-order chi connectivity index (χ1) is 13.1. The number of carbonyl (C=O) groups excluding carboxylic acids is 1. The Kier molecular flexibility index (Phi) is 5.09. The Labute approximate surface area is 157 Å². The summed E-state index contributed by atoms with van der Waals surface area (Å²) < 4.78 is 26.0. The van der Waals surface area contributed by atoms with Gasteiger partial charge in [-0.15, -0.1) is 0 Å². The molecule has 142 valence electrons. The Balaban J connectivity index is 1.62. The van der Waals surface area contributed by atoms with Crippen molar-refractivity contribution < 1.29 is 18.7 Å². The van der Waals surface area contributed by atoms with Crippen LogP contribution < -0.4 is 10.5 Å². The van der Waals surface area contributed by atoms with Crippen molar-refractivity contribution in [3.05, 3.63) is 65.0 Å². The summed E-state index contributed by atoms with van der Waals surface area (Å²) in [4.78, 5) is 13.8. The average molecular weight is 370 g/mol. The fourth-order valence-electron chi connectivity index (χ4n) is 3.89. The van der Waals surface area contributed by atoms with Gasteiger partial charge in [-0.1, -0.05) is 36.8 Å². The Morgan fingerprint density at radius 3 is 2.81 bits per heavy atom. The maximum absolute atomic E-state index is 14.2. The zero-order valence-electron chi connectivity index (χ0n) is 15.1. The Hall–Kier alpha value is -2.44. The minimum absolute atomic E-state index is 0.277. The van der Waals surface area contributed by atoms with Gasteiger partial charge in [-0.3, -0.25) is 9.69 Å². The summed E-state index contributed by atoms with van der Waals surface area (Å²) in [5, 5.41) is 0. The van der Waals surface area contributed by atoms with E-state index in [0.717, 1.165) is 36.9 Å². The largest absolute Gasteiger partial charge is 0.460 e. The first-order valence-electron chi connectivity index (χ1n) is 9.29. The van der Waals surface area contributed by atoms with Gasteiger partial charge in [0.2, 0.25) is 12.2 Å². The van der Waals surface area contributed by atoms with Gasteiger partial charge < -0.3 is 15.2 Å². The number of amides is 1. The molecule has 0 aromatic heterocycles. The highest BCUT2D eigenvalue weighted by Gasteiger charge is 2.30. The van der Waals surface area contributed by atoms with Crippen LogP contribution in [-0.4, -0.2) is 23.4 Å². The number of ether oxygens (including phenoxy) is 2. The molecule has 2 aromatic carbocycles. The van der Waals surface area contributed by atoms with Gasteiger partial charge in [0.25, 0.3) is 0 Å². The normalized spacial score (nSPS) is 22.7. The monoisotopic (exact) mass is 370 g/mol. The number of hydrogen-bond donors (Lipinski definition) is 1. The number of benzene rings is 2. The zero-order chi connectivity index (χ0) is 18.8. The molecular formula is C21H23FN2O3. The van der Waals surface area contributed by atoms with Crippen LogP contribution in [-0.2, 0) is 22.7 Å². The van der Waals surface area contributed by atoms with Gasteiger partial charge in [-0.2, -0.15) is 0 Å². The van der Waals surface area contributed by atoms with Crippen LogP contribution in [0.1, 0.15) is 42.2 Å². The molecule has 5 nitrogen and oxygen atoms in total. The highest BCUT2D eigenvalue weighted by Crippen LogP contribution is 2.37. The van der Waals surface area contributed by atoms with Gasteiger partial charge in [-0.25, -0.2) is 4.39 Å². The number of halogens is 1. The van der Waals surface area contributed by atoms with Crippen LogP contribution in [0.15, 0.2) is 42.5 Å². The van der Waals surface area contributed by atoms with Crippen LogP contribution in [0.3, 0.4) is 0 Å². The minimum atomic E-state index is -0.531. The van der Waals surface area contributed by atoms with E-state index in [0.29, 0.717) is 17.9 Å². The van der Waals surface area contributed by atoms with E-state index in [2.05, 4.69) is 0 Å². The molecule has 0 unspecified atom stereocenters. The predicted molar refractivity (Wildman–Crippen MR) is 98.2 cm³/mol. The quantitative estimate of drug-likeness (QED) is 0.897. The van der Waals surface area contributed by atoms with E-state index < -0.39 is 6.29 Å². The molecule has 0 saturated carbocycles. The number of fused-ring (bicyclic) bond motifs is 1. The summed E-state index contributed by atoms with van der Waals surface area (Å²) >= 11 is 0. The van der Waals surface area contributed by atoms with Crippen LogP contribution >= 0.6 is 0 Å². The molecule has 2 atom stereocenters. The topological polar surface area (TPSA) is 64.8 Å². The van der Waals surface area contributed by atoms with Crippen LogP contribution in [0, 0.1) is 5.82 Å². The van der Waals surface area contributed by atoms with E-state index in [1.165, 1.54) is 12.1 Å². The second-order valence-electron chi connectivity index (χ2n) is 7.11. The molecule has 2 aromatic rings. The number of likely N-dealkylation sites (tertiary alicyclic amines) is 1. The van der Waals surface area contributed by atoms with Crippen LogP contribution in [0.4, 0.5) is 4.39 Å². The number of nitrogens with two attached hydrogens (primary N) is 1. The second kappa shape index (κ2) is 7.66. The predicted octanol–water partition coefficient (Wildman–Crippen LogP) is 3.27. The fraction of sp³-hybridized carbons (Fsp3) is 0.381. The van der Waals surface area contributed by atoms with E-state index >= 15 is 0 Å². The lowest BCUT2D eigenvalue weighted by Gasteiger charge is -2.35. The highest BCUT2D eigenvalue weighted by molar-refractivity contribution is 5.79. The molecule has 27 heavy (non-hydrogen) atoms. The van der Waals surface area contributed by atoms with E-state index in [9.17, 15) is 9.18 Å².